The molecule has 7 heteroatoms. The fourth-order valence-electron chi connectivity index (χ4n) is 2.02. The van der Waals surface area contributed by atoms with E-state index in [-0.39, 0.29) is 17.2 Å². The van der Waals surface area contributed by atoms with E-state index in [0.717, 1.165) is 11.6 Å². The summed E-state index contributed by atoms with van der Waals surface area (Å²) in [6.07, 6.45) is 1.03. The van der Waals surface area contributed by atoms with Gasteiger partial charge < -0.3 is 4.74 Å². The van der Waals surface area contributed by atoms with Crippen molar-refractivity contribution in [2.24, 2.45) is 0 Å². The number of hydrogen-bond acceptors (Lipinski definition) is 4. The largest absolute Gasteiger partial charge is 0.463 e. The molecule has 0 aliphatic heterocycles. The van der Waals surface area contributed by atoms with Gasteiger partial charge in [0.15, 0.2) is 0 Å². The van der Waals surface area contributed by atoms with Gasteiger partial charge in [-0.25, -0.2) is 17.6 Å². The molecule has 0 heterocycles. The van der Waals surface area contributed by atoms with E-state index >= 15 is 0 Å². The number of sulfonamides is 1. The molecule has 0 aliphatic carbocycles. The fourth-order valence-corrected chi connectivity index (χ4v) is 3.10. The monoisotopic (exact) mass is 363 g/mol. The maximum Gasteiger partial charge on any atom is 0.332 e. The van der Waals surface area contributed by atoms with Crippen LogP contribution in [0.5, 0.6) is 0 Å². The molecule has 1 N–H and O–H groups in total. The van der Waals surface area contributed by atoms with E-state index in [0.29, 0.717) is 5.56 Å². The Morgan fingerprint density at radius 2 is 1.72 bits per heavy atom. The van der Waals surface area contributed by atoms with Crippen molar-refractivity contribution < 1.29 is 22.3 Å². The van der Waals surface area contributed by atoms with Crippen LogP contribution < -0.4 is 4.72 Å². The Kier molecular flexibility index (Phi) is 5.93. The van der Waals surface area contributed by atoms with Gasteiger partial charge in [-0.1, -0.05) is 17.7 Å². The van der Waals surface area contributed by atoms with Gasteiger partial charge in [-0.2, -0.15) is 0 Å². The van der Waals surface area contributed by atoms with E-state index in [1.165, 1.54) is 36.4 Å². The first-order valence-corrected chi connectivity index (χ1v) is 9.04. The predicted molar refractivity (Wildman–Crippen MR) is 92.5 cm³/mol. The molecule has 0 bridgehead atoms. The second-order valence-corrected chi connectivity index (χ2v) is 6.92. The minimum Gasteiger partial charge on any atom is -0.463 e. The van der Waals surface area contributed by atoms with Gasteiger partial charge in [0.05, 0.1) is 17.2 Å². The van der Waals surface area contributed by atoms with Gasteiger partial charge in [0, 0.05) is 6.08 Å². The number of carbonyl (C=O) groups excluding carboxylic acids is 1. The first kappa shape index (κ1) is 18.7. The molecule has 0 saturated carbocycles. The van der Waals surface area contributed by atoms with Crippen molar-refractivity contribution in [3.63, 3.8) is 0 Å². The second kappa shape index (κ2) is 7.94. The number of hydrogen-bond donors (Lipinski definition) is 1. The van der Waals surface area contributed by atoms with Crippen molar-refractivity contribution in [1.29, 1.82) is 0 Å². The van der Waals surface area contributed by atoms with Crippen LogP contribution in [0.2, 0.25) is 0 Å². The SMILES string of the molecule is CCOC(=O)/C=C(\NS(=O)(=O)c1ccc(C)cc1)c1ccc(F)cc1. The smallest absolute Gasteiger partial charge is 0.332 e. The van der Waals surface area contributed by atoms with Crippen LogP contribution in [0, 0.1) is 12.7 Å². The minimum absolute atomic E-state index is 0.000903. The number of rotatable bonds is 6. The number of benzene rings is 2. The van der Waals surface area contributed by atoms with Crippen LogP contribution >= 0.6 is 0 Å². The third-order valence-corrected chi connectivity index (χ3v) is 4.66. The first-order valence-electron chi connectivity index (χ1n) is 7.55. The Bertz CT molecular complexity index is 872. The summed E-state index contributed by atoms with van der Waals surface area (Å²) in [6.45, 7) is 3.63. The van der Waals surface area contributed by atoms with Crippen molar-refractivity contribution in [2.75, 3.05) is 6.61 Å². The summed E-state index contributed by atoms with van der Waals surface area (Å²) in [6, 6.07) is 11.4. The maximum atomic E-state index is 13.1. The molecule has 0 saturated heterocycles. The van der Waals surface area contributed by atoms with Gasteiger partial charge in [0.1, 0.15) is 5.82 Å². The summed E-state index contributed by atoms with van der Waals surface area (Å²) < 4.78 is 45.4. The topological polar surface area (TPSA) is 72.5 Å². The molecule has 2 rings (SSSR count). The number of nitrogens with one attached hydrogen (secondary N) is 1. The van der Waals surface area contributed by atoms with E-state index in [4.69, 9.17) is 4.74 Å². The van der Waals surface area contributed by atoms with Crippen molar-refractivity contribution in [1.82, 2.24) is 4.72 Å². The highest BCUT2D eigenvalue weighted by molar-refractivity contribution is 7.89. The molecular formula is C18H18FNO4S. The van der Waals surface area contributed by atoms with E-state index in [2.05, 4.69) is 4.72 Å². The van der Waals surface area contributed by atoms with E-state index in [1.807, 2.05) is 6.92 Å². The van der Waals surface area contributed by atoms with Crippen molar-refractivity contribution in [3.05, 3.63) is 71.6 Å². The molecule has 2 aromatic carbocycles. The Morgan fingerprint density at radius 1 is 1.12 bits per heavy atom. The molecule has 2 aromatic rings. The standard InChI is InChI=1S/C18H18FNO4S/c1-3-24-18(21)12-17(14-6-8-15(19)9-7-14)20-25(22,23)16-10-4-13(2)5-11-16/h4-12,20H,3H2,1-2H3/b17-12-. The fraction of sp³-hybridized carbons (Fsp3) is 0.167. The summed E-state index contributed by atoms with van der Waals surface area (Å²) in [5, 5.41) is 0. The van der Waals surface area contributed by atoms with E-state index in [1.54, 1.807) is 19.1 Å². The zero-order chi connectivity index (χ0) is 18.4. The van der Waals surface area contributed by atoms with Crippen LogP contribution in [0.15, 0.2) is 59.5 Å². The van der Waals surface area contributed by atoms with Crippen molar-refractivity contribution >= 4 is 21.7 Å². The van der Waals surface area contributed by atoms with Gasteiger partial charge in [-0.05, 0) is 55.8 Å². The quantitative estimate of drug-likeness (QED) is 0.632. The summed E-state index contributed by atoms with van der Waals surface area (Å²) in [4.78, 5) is 11.8. The highest BCUT2D eigenvalue weighted by Crippen LogP contribution is 2.18. The van der Waals surface area contributed by atoms with Crippen LogP contribution in [0.3, 0.4) is 0 Å². The lowest BCUT2D eigenvalue weighted by Crippen LogP contribution is -2.23. The normalized spacial score (nSPS) is 11.9. The number of ether oxygens (including phenoxy) is 1. The van der Waals surface area contributed by atoms with Crippen LogP contribution in [0.1, 0.15) is 18.1 Å². The van der Waals surface area contributed by atoms with Crippen LogP contribution in [0.25, 0.3) is 5.70 Å². The van der Waals surface area contributed by atoms with Crippen LogP contribution in [-0.2, 0) is 19.6 Å². The minimum atomic E-state index is -3.91. The van der Waals surface area contributed by atoms with Gasteiger partial charge in [0.25, 0.3) is 10.0 Å². The third-order valence-electron chi connectivity index (χ3n) is 3.28. The van der Waals surface area contributed by atoms with Crippen molar-refractivity contribution in [2.45, 2.75) is 18.7 Å². The number of esters is 1. The first-order chi connectivity index (χ1) is 11.8. The Hall–Kier alpha value is -2.67. The highest BCUT2D eigenvalue weighted by atomic mass is 32.2. The molecule has 0 atom stereocenters. The van der Waals surface area contributed by atoms with Gasteiger partial charge in [-0.3, -0.25) is 4.72 Å². The zero-order valence-corrected chi connectivity index (χ0v) is 14.6. The number of halogens is 1. The molecule has 0 aliphatic rings. The average molecular weight is 363 g/mol. The second-order valence-electron chi connectivity index (χ2n) is 5.24. The lowest BCUT2D eigenvalue weighted by molar-refractivity contribution is -0.137. The summed E-state index contributed by atoms with van der Waals surface area (Å²) in [7, 11) is -3.91. The molecule has 0 amide bonds. The molecule has 0 spiro atoms. The van der Waals surface area contributed by atoms with Crippen LogP contribution in [0.4, 0.5) is 4.39 Å². The van der Waals surface area contributed by atoms with Crippen LogP contribution in [-0.4, -0.2) is 21.0 Å². The molecule has 0 fully saturated rings. The lowest BCUT2D eigenvalue weighted by Gasteiger charge is -2.12. The molecular weight excluding hydrogens is 345 g/mol. The molecule has 25 heavy (non-hydrogen) atoms. The highest BCUT2D eigenvalue weighted by Gasteiger charge is 2.17. The predicted octanol–water partition coefficient (Wildman–Crippen LogP) is 3.02. The number of aryl methyl sites for hydroxylation is 1. The third kappa shape index (κ3) is 5.15. The summed E-state index contributed by atoms with van der Waals surface area (Å²) in [5.41, 5.74) is 1.25. The van der Waals surface area contributed by atoms with E-state index < -0.39 is 21.8 Å². The molecule has 0 aromatic heterocycles. The number of carbonyl (C=O) groups is 1. The van der Waals surface area contributed by atoms with Gasteiger partial charge in [0.2, 0.25) is 0 Å². The maximum absolute atomic E-state index is 13.1. The molecule has 132 valence electrons. The van der Waals surface area contributed by atoms with Gasteiger partial charge >= 0.3 is 5.97 Å². The molecule has 0 unspecified atom stereocenters. The van der Waals surface area contributed by atoms with E-state index in [9.17, 15) is 17.6 Å². The summed E-state index contributed by atoms with van der Waals surface area (Å²) in [5.74, 6) is -1.17. The zero-order valence-electron chi connectivity index (χ0n) is 13.8. The van der Waals surface area contributed by atoms with Gasteiger partial charge in [-0.15, -0.1) is 0 Å². The molecule has 5 nitrogen and oxygen atoms in total. The Balaban J connectivity index is 2.40. The Morgan fingerprint density at radius 3 is 2.28 bits per heavy atom. The molecule has 0 radical (unpaired) electrons. The Labute approximate surface area is 146 Å². The lowest BCUT2D eigenvalue weighted by atomic mass is 10.1. The van der Waals surface area contributed by atoms with Crippen molar-refractivity contribution in [3.8, 4) is 0 Å². The summed E-state index contributed by atoms with van der Waals surface area (Å²) >= 11 is 0. The average Bonchev–Trinajstić information content (AvgIpc) is 2.55.